The molecule has 1 aliphatic carbocycles. The van der Waals surface area contributed by atoms with Crippen LogP contribution in [-0.2, 0) is 18.3 Å². The molecule has 26 heavy (non-hydrogen) atoms. The first-order valence-electron chi connectivity index (χ1n) is 9.69. The van der Waals surface area contributed by atoms with E-state index in [1.54, 1.807) is 0 Å². The van der Waals surface area contributed by atoms with Crippen molar-refractivity contribution in [1.29, 1.82) is 0 Å². The molecule has 4 rings (SSSR count). The molecule has 1 amide bonds. The molecule has 0 saturated carbocycles. The van der Waals surface area contributed by atoms with Gasteiger partial charge in [-0.2, -0.15) is 0 Å². The van der Waals surface area contributed by atoms with Gasteiger partial charge in [-0.05, 0) is 57.0 Å². The average molecular weight is 351 g/mol. The van der Waals surface area contributed by atoms with Gasteiger partial charge in [-0.3, -0.25) is 9.69 Å². The Kier molecular flexibility index (Phi) is 3.99. The van der Waals surface area contributed by atoms with Crippen LogP contribution in [0.3, 0.4) is 0 Å². The van der Waals surface area contributed by atoms with E-state index < -0.39 is 5.41 Å². The first kappa shape index (κ1) is 17.3. The zero-order chi connectivity index (χ0) is 18.6. The average Bonchev–Trinajstić information content (AvgIpc) is 2.94. The molecule has 1 aromatic carbocycles. The molecule has 4 heteroatoms. The van der Waals surface area contributed by atoms with Gasteiger partial charge in [0.05, 0.1) is 5.41 Å². The molecule has 0 unspecified atom stereocenters. The van der Waals surface area contributed by atoms with Crippen LogP contribution in [0.2, 0.25) is 0 Å². The number of hydrogen-bond acceptors (Lipinski definition) is 2. The smallest absolute Gasteiger partial charge is 0.233 e. The molecule has 1 aliphatic heterocycles. The minimum absolute atomic E-state index is 0.242. The lowest BCUT2D eigenvalue weighted by molar-refractivity contribution is -0.139. The summed E-state index contributed by atoms with van der Waals surface area (Å²) in [4.78, 5) is 17.6. The van der Waals surface area contributed by atoms with Crippen molar-refractivity contribution in [2.75, 3.05) is 26.7 Å². The SMILES string of the molecule is CCN(CC)C(=O)[C@@]1(C)C=C2c3cccc4c3c(cn4C)C[C@H]2N(C)C1. The standard InChI is InChI=1S/C22H29N3O/c1-6-25(7-2)21(26)22(3)12-17-16-9-8-10-18-20(16)15(13-23(18)4)11-19(17)24(5)14-22/h8-10,12-13,19H,6-7,11,14H2,1-5H3/t19-,22+/m1/s1. The van der Waals surface area contributed by atoms with Crippen LogP contribution in [-0.4, -0.2) is 53.0 Å². The van der Waals surface area contributed by atoms with Crippen molar-refractivity contribution < 1.29 is 4.79 Å². The summed E-state index contributed by atoms with van der Waals surface area (Å²) >= 11 is 0. The molecular formula is C22H29N3O. The van der Waals surface area contributed by atoms with E-state index in [-0.39, 0.29) is 5.91 Å². The van der Waals surface area contributed by atoms with Gasteiger partial charge in [0.1, 0.15) is 0 Å². The summed E-state index contributed by atoms with van der Waals surface area (Å²) in [6.07, 6.45) is 5.57. The molecule has 1 aromatic heterocycles. The molecule has 0 radical (unpaired) electrons. The van der Waals surface area contributed by atoms with Crippen LogP contribution in [0.25, 0.3) is 16.5 Å². The zero-order valence-electron chi connectivity index (χ0n) is 16.5. The second kappa shape index (κ2) is 5.98. The van der Waals surface area contributed by atoms with Gasteiger partial charge in [0.25, 0.3) is 0 Å². The maximum absolute atomic E-state index is 13.2. The van der Waals surface area contributed by atoms with Gasteiger partial charge in [-0.1, -0.05) is 18.2 Å². The number of aryl methyl sites for hydroxylation is 1. The second-order valence-electron chi connectivity index (χ2n) is 8.09. The van der Waals surface area contributed by atoms with E-state index in [1.165, 1.54) is 27.6 Å². The van der Waals surface area contributed by atoms with Gasteiger partial charge in [0.15, 0.2) is 0 Å². The van der Waals surface area contributed by atoms with Crippen LogP contribution in [0, 0.1) is 5.41 Å². The van der Waals surface area contributed by atoms with E-state index in [9.17, 15) is 4.79 Å². The van der Waals surface area contributed by atoms with Gasteiger partial charge >= 0.3 is 0 Å². The number of amides is 1. The van der Waals surface area contributed by atoms with E-state index in [2.05, 4.69) is 74.8 Å². The normalized spacial score (nSPS) is 25.1. The number of carbonyl (C=O) groups is 1. The molecule has 2 aromatic rings. The minimum atomic E-state index is -0.471. The Balaban J connectivity index is 1.88. The molecule has 0 saturated heterocycles. The third-order valence-corrected chi connectivity index (χ3v) is 6.30. The summed E-state index contributed by atoms with van der Waals surface area (Å²) in [6, 6.07) is 6.91. The van der Waals surface area contributed by atoms with Gasteiger partial charge < -0.3 is 9.47 Å². The van der Waals surface area contributed by atoms with E-state index in [0.717, 1.165) is 26.1 Å². The highest BCUT2D eigenvalue weighted by Crippen LogP contribution is 2.44. The molecule has 0 N–H and O–H groups in total. The molecule has 2 atom stereocenters. The van der Waals surface area contributed by atoms with E-state index >= 15 is 0 Å². The summed E-state index contributed by atoms with van der Waals surface area (Å²) in [5.74, 6) is 0.242. The lowest BCUT2D eigenvalue weighted by Gasteiger charge is -2.45. The van der Waals surface area contributed by atoms with Crippen molar-refractivity contribution in [2.24, 2.45) is 12.5 Å². The van der Waals surface area contributed by atoms with Gasteiger partial charge in [-0.25, -0.2) is 0 Å². The first-order chi connectivity index (χ1) is 12.4. The third-order valence-electron chi connectivity index (χ3n) is 6.30. The van der Waals surface area contributed by atoms with Crippen molar-refractivity contribution in [3.05, 3.63) is 41.6 Å². The largest absolute Gasteiger partial charge is 0.350 e. The number of hydrogen-bond donors (Lipinski definition) is 0. The highest BCUT2D eigenvalue weighted by molar-refractivity contribution is 6.00. The summed E-state index contributed by atoms with van der Waals surface area (Å²) in [7, 11) is 4.29. The predicted molar refractivity (Wildman–Crippen MR) is 107 cm³/mol. The number of fused-ring (bicyclic) bond motifs is 2. The number of carbonyl (C=O) groups excluding carboxylic acids is 1. The highest BCUT2D eigenvalue weighted by atomic mass is 16.2. The Morgan fingerprint density at radius 2 is 2.00 bits per heavy atom. The van der Waals surface area contributed by atoms with Gasteiger partial charge in [-0.15, -0.1) is 0 Å². The molecule has 4 nitrogen and oxygen atoms in total. The second-order valence-corrected chi connectivity index (χ2v) is 8.09. The van der Waals surface area contributed by atoms with E-state index in [4.69, 9.17) is 0 Å². The van der Waals surface area contributed by atoms with Crippen LogP contribution in [0.5, 0.6) is 0 Å². The topological polar surface area (TPSA) is 28.5 Å². The fourth-order valence-corrected chi connectivity index (χ4v) is 5.02. The van der Waals surface area contributed by atoms with Crippen molar-refractivity contribution in [2.45, 2.75) is 33.2 Å². The fourth-order valence-electron chi connectivity index (χ4n) is 5.02. The predicted octanol–water partition coefficient (Wildman–Crippen LogP) is 3.31. The summed E-state index contributed by atoms with van der Waals surface area (Å²) in [5.41, 5.74) is 4.86. The maximum atomic E-state index is 13.2. The number of aromatic nitrogens is 1. The Bertz CT molecular complexity index is 905. The zero-order valence-corrected chi connectivity index (χ0v) is 16.5. The van der Waals surface area contributed by atoms with Crippen LogP contribution >= 0.6 is 0 Å². The third kappa shape index (κ3) is 2.35. The van der Waals surface area contributed by atoms with Crippen LogP contribution < -0.4 is 0 Å². The Hall–Kier alpha value is -2.07. The first-order valence-corrected chi connectivity index (χ1v) is 9.69. The summed E-state index contributed by atoms with van der Waals surface area (Å²) in [5, 5.41) is 1.37. The van der Waals surface area contributed by atoms with Gasteiger partial charge in [0, 0.05) is 49.8 Å². The fraction of sp³-hybridized carbons (Fsp3) is 0.500. The van der Waals surface area contributed by atoms with Crippen molar-refractivity contribution in [3.63, 3.8) is 0 Å². The molecule has 0 fully saturated rings. The molecular weight excluding hydrogens is 322 g/mol. The molecule has 0 bridgehead atoms. The quantitative estimate of drug-likeness (QED) is 0.849. The lowest BCUT2D eigenvalue weighted by Crippen LogP contribution is -2.53. The van der Waals surface area contributed by atoms with Crippen LogP contribution in [0.1, 0.15) is 31.9 Å². The summed E-state index contributed by atoms with van der Waals surface area (Å²) in [6.45, 7) is 8.53. The molecule has 2 heterocycles. The monoisotopic (exact) mass is 351 g/mol. The highest BCUT2D eigenvalue weighted by Gasteiger charge is 2.43. The maximum Gasteiger partial charge on any atom is 0.233 e. The van der Waals surface area contributed by atoms with Crippen molar-refractivity contribution in [1.82, 2.24) is 14.4 Å². The van der Waals surface area contributed by atoms with Crippen molar-refractivity contribution >= 4 is 22.4 Å². The Morgan fingerprint density at radius 1 is 1.27 bits per heavy atom. The van der Waals surface area contributed by atoms with Crippen LogP contribution in [0.4, 0.5) is 0 Å². The van der Waals surface area contributed by atoms with E-state index in [0.29, 0.717) is 6.04 Å². The number of rotatable bonds is 3. The van der Waals surface area contributed by atoms with Gasteiger partial charge in [0.2, 0.25) is 5.91 Å². The van der Waals surface area contributed by atoms with Crippen molar-refractivity contribution in [3.8, 4) is 0 Å². The lowest BCUT2D eigenvalue weighted by atomic mass is 9.74. The molecule has 0 spiro atoms. The summed E-state index contributed by atoms with van der Waals surface area (Å²) < 4.78 is 2.23. The Morgan fingerprint density at radius 3 is 2.69 bits per heavy atom. The minimum Gasteiger partial charge on any atom is -0.350 e. The number of benzene rings is 1. The number of nitrogens with zero attached hydrogens (tertiary/aromatic N) is 3. The molecule has 138 valence electrons. The van der Waals surface area contributed by atoms with Crippen LogP contribution in [0.15, 0.2) is 30.5 Å². The van der Waals surface area contributed by atoms with E-state index in [1.807, 2.05) is 4.90 Å². The Labute approximate surface area is 156 Å². The number of likely N-dealkylation sites (N-methyl/N-ethyl adjacent to an activating group) is 1. The molecule has 2 aliphatic rings.